The van der Waals surface area contributed by atoms with E-state index in [1.165, 1.54) is 6.07 Å². The molecule has 0 saturated heterocycles. The highest BCUT2D eigenvalue weighted by molar-refractivity contribution is 5.90. The van der Waals surface area contributed by atoms with Gasteiger partial charge >= 0.3 is 0 Å². The van der Waals surface area contributed by atoms with Gasteiger partial charge in [-0.05, 0) is 18.6 Å². The number of carbonyl (C=O) groups is 1. The summed E-state index contributed by atoms with van der Waals surface area (Å²) >= 11 is 0. The Labute approximate surface area is 93.7 Å². The van der Waals surface area contributed by atoms with Crippen molar-refractivity contribution >= 4 is 11.6 Å². The van der Waals surface area contributed by atoms with E-state index in [2.05, 4.69) is 5.32 Å². The van der Waals surface area contributed by atoms with Gasteiger partial charge in [0.1, 0.15) is 0 Å². The highest BCUT2D eigenvalue weighted by atomic mass is 19.2. The number of hydrogen-bond donors (Lipinski definition) is 1. The van der Waals surface area contributed by atoms with Crippen LogP contribution in [0.15, 0.2) is 18.2 Å². The summed E-state index contributed by atoms with van der Waals surface area (Å²) in [6.07, 6.45) is 3.25. The zero-order valence-corrected chi connectivity index (χ0v) is 9.22. The van der Waals surface area contributed by atoms with E-state index in [1.54, 1.807) is 0 Å². The zero-order chi connectivity index (χ0) is 12.0. The molecule has 2 nitrogen and oxygen atoms in total. The van der Waals surface area contributed by atoms with Gasteiger partial charge in [-0.3, -0.25) is 4.79 Å². The van der Waals surface area contributed by atoms with Crippen LogP contribution in [0.5, 0.6) is 0 Å². The number of unbranched alkanes of at least 4 members (excludes halogenated alkanes) is 2. The Morgan fingerprint density at radius 3 is 2.62 bits per heavy atom. The number of amides is 1. The maximum absolute atomic E-state index is 12.8. The number of rotatable bonds is 5. The van der Waals surface area contributed by atoms with Crippen molar-refractivity contribution in [2.24, 2.45) is 0 Å². The molecule has 0 aliphatic carbocycles. The first-order valence-corrected chi connectivity index (χ1v) is 5.38. The Balaban J connectivity index is 2.46. The van der Waals surface area contributed by atoms with Crippen LogP contribution in [0.1, 0.15) is 32.6 Å². The van der Waals surface area contributed by atoms with Crippen molar-refractivity contribution in [2.75, 3.05) is 5.32 Å². The fourth-order valence-corrected chi connectivity index (χ4v) is 1.33. The quantitative estimate of drug-likeness (QED) is 0.766. The summed E-state index contributed by atoms with van der Waals surface area (Å²) in [5.74, 6) is -2.03. The van der Waals surface area contributed by atoms with E-state index < -0.39 is 11.6 Å². The number of nitrogens with one attached hydrogen (secondary N) is 1. The van der Waals surface area contributed by atoms with Gasteiger partial charge in [0.05, 0.1) is 0 Å². The van der Waals surface area contributed by atoms with E-state index in [1.807, 2.05) is 6.92 Å². The van der Waals surface area contributed by atoms with E-state index >= 15 is 0 Å². The van der Waals surface area contributed by atoms with E-state index in [0.29, 0.717) is 12.1 Å². The minimum absolute atomic E-state index is 0.167. The summed E-state index contributed by atoms with van der Waals surface area (Å²) < 4.78 is 25.4. The van der Waals surface area contributed by atoms with Crippen molar-refractivity contribution in [3.63, 3.8) is 0 Å². The normalized spacial score (nSPS) is 10.2. The summed E-state index contributed by atoms with van der Waals surface area (Å²) in [7, 11) is 0. The summed E-state index contributed by atoms with van der Waals surface area (Å²) in [6.45, 7) is 2.05. The van der Waals surface area contributed by atoms with Crippen LogP contribution in [-0.4, -0.2) is 5.91 Å². The van der Waals surface area contributed by atoms with Crippen molar-refractivity contribution in [3.05, 3.63) is 29.8 Å². The number of halogens is 2. The lowest BCUT2D eigenvalue weighted by Crippen LogP contribution is -2.11. The van der Waals surface area contributed by atoms with Gasteiger partial charge in [-0.15, -0.1) is 0 Å². The third kappa shape index (κ3) is 3.96. The molecule has 0 spiro atoms. The molecule has 0 bridgehead atoms. The first-order valence-electron chi connectivity index (χ1n) is 5.38. The van der Waals surface area contributed by atoms with E-state index in [0.717, 1.165) is 31.4 Å². The van der Waals surface area contributed by atoms with Crippen LogP contribution in [0.2, 0.25) is 0 Å². The molecule has 0 aliphatic heterocycles. The number of anilines is 1. The fraction of sp³-hybridized carbons (Fsp3) is 0.417. The van der Waals surface area contributed by atoms with Gasteiger partial charge in [0.25, 0.3) is 0 Å². The molecular weight excluding hydrogens is 212 g/mol. The lowest BCUT2D eigenvalue weighted by atomic mass is 10.2. The lowest BCUT2D eigenvalue weighted by Gasteiger charge is -2.05. The molecule has 0 heterocycles. The molecule has 1 aromatic carbocycles. The smallest absolute Gasteiger partial charge is 0.224 e. The minimum atomic E-state index is -0.952. The predicted octanol–water partition coefficient (Wildman–Crippen LogP) is 3.48. The summed E-state index contributed by atoms with van der Waals surface area (Å²) in [5.41, 5.74) is 0.292. The molecule has 0 atom stereocenters. The van der Waals surface area contributed by atoms with E-state index in [4.69, 9.17) is 0 Å². The second-order valence-corrected chi connectivity index (χ2v) is 3.63. The van der Waals surface area contributed by atoms with Crippen molar-refractivity contribution in [1.82, 2.24) is 0 Å². The molecule has 4 heteroatoms. The molecule has 1 amide bonds. The maximum Gasteiger partial charge on any atom is 0.224 e. The van der Waals surface area contributed by atoms with Crippen molar-refractivity contribution in [2.45, 2.75) is 32.6 Å². The first kappa shape index (κ1) is 12.6. The number of hydrogen-bond acceptors (Lipinski definition) is 1. The average molecular weight is 227 g/mol. The van der Waals surface area contributed by atoms with Gasteiger partial charge in [-0.1, -0.05) is 19.8 Å². The van der Waals surface area contributed by atoms with Crippen LogP contribution in [0, 0.1) is 11.6 Å². The molecule has 0 fully saturated rings. The molecule has 0 saturated carbocycles. The standard InChI is InChI=1S/C12H15F2NO/c1-2-3-4-5-12(16)15-9-6-7-10(13)11(14)8-9/h6-8H,2-5H2,1H3,(H,15,16). The Bertz CT molecular complexity index is 366. The van der Waals surface area contributed by atoms with Gasteiger partial charge in [0.2, 0.25) is 5.91 Å². The molecule has 1 rings (SSSR count). The van der Waals surface area contributed by atoms with Gasteiger partial charge < -0.3 is 5.32 Å². The van der Waals surface area contributed by atoms with Crippen LogP contribution < -0.4 is 5.32 Å². The van der Waals surface area contributed by atoms with Gasteiger partial charge in [-0.2, -0.15) is 0 Å². The Kier molecular flexibility index (Phi) is 4.89. The average Bonchev–Trinajstić information content (AvgIpc) is 2.24. The zero-order valence-electron chi connectivity index (χ0n) is 9.22. The number of benzene rings is 1. The molecule has 0 radical (unpaired) electrons. The fourth-order valence-electron chi connectivity index (χ4n) is 1.33. The lowest BCUT2D eigenvalue weighted by molar-refractivity contribution is -0.116. The second-order valence-electron chi connectivity index (χ2n) is 3.63. The van der Waals surface area contributed by atoms with E-state index in [-0.39, 0.29) is 5.91 Å². The van der Waals surface area contributed by atoms with Crippen LogP contribution in [0.4, 0.5) is 14.5 Å². The molecular formula is C12H15F2NO. The SMILES string of the molecule is CCCCCC(=O)Nc1ccc(F)c(F)c1. The second kappa shape index (κ2) is 6.20. The largest absolute Gasteiger partial charge is 0.326 e. The van der Waals surface area contributed by atoms with Gasteiger partial charge in [0, 0.05) is 18.2 Å². The summed E-state index contributed by atoms with van der Waals surface area (Å²) in [4.78, 5) is 11.4. The predicted molar refractivity (Wildman–Crippen MR) is 59.1 cm³/mol. The summed E-state index contributed by atoms with van der Waals surface area (Å²) in [6, 6.07) is 3.32. The molecule has 0 aliphatic rings. The highest BCUT2D eigenvalue weighted by Crippen LogP contribution is 2.13. The van der Waals surface area contributed by atoms with Crippen LogP contribution in [0.3, 0.4) is 0 Å². The molecule has 0 aromatic heterocycles. The Morgan fingerprint density at radius 2 is 2.00 bits per heavy atom. The van der Waals surface area contributed by atoms with Crippen molar-refractivity contribution in [3.8, 4) is 0 Å². The highest BCUT2D eigenvalue weighted by Gasteiger charge is 2.05. The van der Waals surface area contributed by atoms with Gasteiger partial charge in [0.15, 0.2) is 11.6 Å². The molecule has 88 valence electrons. The van der Waals surface area contributed by atoms with Gasteiger partial charge in [-0.25, -0.2) is 8.78 Å². The number of carbonyl (C=O) groups excluding carboxylic acids is 1. The maximum atomic E-state index is 12.8. The topological polar surface area (TPSA) is 29.1 Å². The third-order valence-corrected chi connectivity index (χ3v) is 2.21. The van der Waals surface area contributed by atoms with Crippen LogP contribution in [-0.2, 0) is 4.79 Å². The van der Waals surface area contributed by atoms with Crippen LogP contribution >= 0.6 is 0 Å². The van der Waals surface area contributed by atoms with Crippen molar-refractivity contribution in [1.29, 1.82) is 0 Å². The Morgan fingerprint density at radius 1 is 1.25 bits per heavy atom. The molecule has 1 N–H and O–H groups in total. The van der Waals surface area contributed by atoms with Crippen LogP contribution in [0.25, 0.3) is 0 Å². The monoisotopic (exact) mass is 227 g/mol. The Hall–Kier alpha value is -1.45. The summed E-state index contributed by atoms with van der Waals surface area (Å²) in [5, 5.41) is 2.52. The molecule has 0 unspecified atom stereocenters. The molecule has 1 aromatic rings. The van der Waals surface area contributed by atoms with E-state index in [9.17, 15) is 13.6 Å². The first-order chi connectivity index (χ1) is 7.63. The minimum Gasteiger partial charge on any atom is -0.326 e. The molecule has 16 heavy (non-hydrogen) atoms. The third-order valence-electron chi connectivity index (χ3n) is 2.21. The van der Waals surface area contributed by atoms with Crippen molar-refractivity contribution < 1.29 is 13.6 Å².